The molecule has 0 unspecified atom stereocenters. The Morgan fingerprint density at radius 3 is 2.69 bits per heavy atom. The van der Waals surface area contributed by atoms with Gasteiger partial charge in [-0.15, -0.1) is 0 Å². The fraction of sp³-hybridized carbons (Fsp3) is 0.300. The van der Waals surface area contributed by atoms with Crippen LogP contribution in [-0.2, 0) is 0 Å². The van der Waals surface area contributed by atoms with Crippen LogP contribution in [0, 0.1) is 12.7 Å². The molecule has 1 nitrogen and oxygen atoms in total. The Bertz CT molecular complexity index is 395. The molecule has 0 saturated carbocycles. The Balaban J connectivity index is 0.000000396. The lowest BCUT2D eigenvalue weighted by atomic mass is 10.2. The monoisotopic (exact) mass is 197 g/mol. The molecular weight excluding hydrogens is 185 g/mol. The molecule has 1 heterocycles. The molecule has 1 aromatic heterocycles. The molecular formula is C10H12FNS. The van der Waals surface area contributed by atoms with Crippen molar-refractivity contribution in [3.63, 3.8) is 0 Å². The highest BCUT2D eigenvalue weighted by molar-refractivity contribution is 7.13. The summed E-state index contributed by atoms with van der Waals surface area (Å²) in [6.45, 7) is 5.93. The predicted octanol–water partition coefficient (Wildman–Crippen LogP) is 3.77. The number of fused-ring (bicyclic) bond motifs is 1. The fourth-order valence-electron chi connectivity index (χ4n) is 1.04. The van der Waals surface area contributed by atoms with Gasteiger partial charge in [-0.1, -0.05) is 13.8 Å². The van der Waals surface area contributed by atoms with E-state index in [9.17, 15) is 4.39 Å². The van der Waals surface area contributed by atoms with Crippen LogP contribution < -0.4 is 0 Å². The van der Waals surface area contributed by atoms with Gasteiger partial charge in [0.2, 0.25) is 0 Å². The smallest absolute Gasteiger partial charge is 0.124 e. The first-order valence-corrected chi connectivity index (χ1v) is 5.06. The highest BCUT2D eigenvalue weighted by atomic mass is 32.1. The number of rotatable bonds is 0. The van der Waals surface area contributed by atoms with Crippen molar-refractivity contribution < 1.29 is 4.39 Å². The maximum atomic E-state index is 12.6. The summed E-state index contributed by atoms with van der Waals surface area (Å²) in [4.78, 5) is 0. The summed E-state index contributed by atoms with van der Waals surface area (Å²) >= 11 is 1.34. The molecule has 0 saturated heterocycles. The SMILES string of the molecule is CC.Cc1nsc2cc(F)ccc12. The van der Waals surface area contributed by atoms with Gasteiger partial charge in [0.05, 0.1) is 10.4 Å². The van der Waals surface area contributed by atoms with Gasteiger partial charge in [-0.2, -0.15) is 4.37 Å². The number of hydrogen-bond donors (Lipinski definition) is 0. The van der Waals surface area contributed by atoms with Gasteiger partial charge in [0.1, 0.15) is 5.82 Å². The zero-order valence-electron chi connectivity index (χ0n) is 7.97. The maximum absolute atomic E-state index is 12.6. The molecule has 0 atom stereocenters. The number of benzene rings is 1. The first kappa shape index (κ1) is 10.1. The van der Waals surface area contributed by atoms with Crippen LogP contribution >= 0.6 is 11.5 Å². The van der Waals surface area contributed by atoms with Crippen LogP contribution in [0.1, 0.15) is 19.5 Å². The van der Waals surface area contributed by atoms with Gasteiger partial charge < -0.3 is 0 Å². The Morgan fingerprint density at radius 2 is 2.00 bits per heavy atom. The van der Waals surface area contributed by atoms with Crippen LogP contribution in [0.5, 0.6) is 0 Å². The first-order valence-electron chi connectivity index (χ1n) is 4.29. The Labute approximate surface area is 81.4 Å². The lowest BCUT2D eigenvalue weighted by Gasteiger charge is -1.88. The highest BCUT2D eigenvalue weighted by Crippen LogP contribution is 2.22. The molecule has 0 bridgehead atoms. The number of aryl methyl sites for hydroxylation is 1. The molecule has 0 radical (unpaired) electrons. The van der Waals surface area contributed by atoms with Crippen LogP contribution in [-0.4, -0.2) is 4.37 Å². The second kappa shape index (κ2) is 4.33. The van der Waals surface area contributed by atoms with Crippen molar-refractivity contribution in [2.75, 3.05) is 0 Å². The molecule has 0 aliphatic rings. The topological polar surface area (TPSA) is 12.9 Å². The highest BCUT2D eigenvalue weighted by Gasteiger charge is 2.01. The van der Waals surface area contributed by atoms with Crippen molar-refractivity contribution in [2.24, 2.45) is 0 Å². The Hall–Kier alpha value is -0.960. The van der Waals surface area contributed by atoms with Crippen LogP contribution in [0.3, 0.4) is 0 Å². The molecule has 0 N–H and O–H groups in total. The van der Waals surface area contributed by atoms with E-state index in [0.717, 1.165) is 15.8 Å². The van der Waals surface area contributed by atoms with Gasteiger partial charge in [0.25, 0.3) is 0 Å². The summed E-state index contributed by atoms with van der Waals surface area (Å²) in [6, 6.07) is 4.74. The molecule has 70 valence electrons. The van der Waals surface area contributed by atoms with Gasteiger partial charge in [-0.05, 0) is 36.7 Å². The van der Waals surface area contributed by atoms with Gasteiger partial charge in [0, 0.05) is 5.39 Å². The van der Waals surface area contributed by atoms with E-state index in [1.54, 1.807) is 6.07 Å². The van der Waals surface area contributed by atoms with Crippen molar-refractivity contribution in [2.45, 2.75) is 20.8 Å². The van der Waals surface area contributed by atoms with E-state index in [1.165, 1.54) is 23.7 Å². The van der Waals surface area contributed by atoms with Gasteiger partial charge >= 0.3 is 0 Å². The normalized spacial score (nSPS) is 9.54. The molecule has 0 fully saturated rings. The lowest BCUT2D eigenvalue weighted by Crippen LogP contribution is -1.72. The van der Waals surface area contributed by atoms with Gasteiger partial charge in [-0.3, -0.25) is 0 Å². The van der Waals surface area contributed by atoms with Crippen LogP contribution in [0.25, 0.3) is 10.1 Å². The van der Waals surface area contributed by atoms with E-state index in [0.29, 0.717) is 0 Å². The summed E-state index contributed by atoms with van der Waals surface area (Å²) in [6.07, 6.45) is 0. The van der Waals surface area contributed by atoms with Crippen LogP contribution in [0.2, 0.25) is 0 Å². The van der Waals surface area contributed by atoms with Crippen LogP contribution in [0.4, 0.5) is 4.39 Å². The third-order valence-corrected chi connectivity index (χ3v) is 2.51. The second-order valence-corrected chi connectivity index (χ2v) is 3.21. The zero-order valence-corrected chi connectivity index (χ0v) is 8.78. The van der Waals surface area contributed by atoms with E-state index in [4.69, 9.17) is 0 Å². The predicted molar refractivity (Wildman–Crippen MR) is 55.7 cm³/mol. The quantitative estimate of drug-likeness (QED) is 0.626. The zero-order chi connectivity index (χ0) is 9.84. The van der Waals surface area contributed by atoms with Crippen molar-refractivity contribution in [3.8, 4) is 0 Å². The lowest BCUT2D eigenvalue weighted by molar-refractivity contribution is 0.630. The average Bonchev–Trinajstić information content (AvgIpc) is 2.51. The molecule has 0 aliphatic carbocycles. The Kier molecular flexibility index (Phi) is 3.37. The largest absolute Gasteiger partial charge is 0.207 e. The molecule has 1 aromatic carbocycles. The molecule has 0 amide bonds. The second-order valence-electron chi connectivity index (χ2n) is 2.41. The maximum Gasteiger partial charge on any atom is 0.124 e. The third-order valence-electron chi connectivity index (χ3n) is 1.61. The number of halogens is 1. The fourth-order valence-corrected chi connectivity index (χ4v) is 1.85. The van der Waals surface area contributed by atoms with E-state index >= 15 is 0 Å². The summed E-state index contributed by atoms with van der Waals surface area (Å²) in [7, 11) is 0. The minimum absolute atomic E-state index is 0.193. The van der Waals surface area contributed by atoms with E-state index in [2.05, 4.69) is 4.37 Å². The van der Waals surface area contributed by atoms with E-state index in [1.807, 2.05) is 20.8 Å². The summed E-state index contributed by atoms with van der Waals surface area (Å²) in [5, 5.41) is 1.05. The molecule has 2 aromatic rings. The van der Waals surface area contributed by atoms with Crippen molar-refractivity contribution in [1.82, 2.24) is 4.37 Å². The van der Waals surface area contributed by atoms with Gasteiger partial charge in [-0.25, -0.2) is 4.39 Å². The minimum atomic E-state index is -0.193. The molecule has 0 spiro atoms. The Morgan fingerprint density at radius 1 is 1.31 bits per heavy atom. The molecule has 13 heavy (non-hydrogen) atoms. The number of aromatic nitrogens is 1. The average molecular weight is 197 g/mol. The van der Waals surface area contributed by atoms with Crippen LogP contribution in [0.15, 0.2) is 18.2 Å². The summed E-state index contributed by atoms with van der Waals surface area (Å²) in [5.41, 5.74) is 0.977. The number of nitrogens with zero attached hydrogens (tertiary/aromatic N) is 1. The molecule has 0 aliphatic heterocycles. The first-order chi connectivity index (χ1) is 6.27. The van der Waals surface area contributed by atoms with Crippen molar-refractivity contribution >= 4 is 21.6 Å². The van der Waals surface area contributed by atoms with E-state index in [-0.39, 0.29) is 5.82 Å². The summed E-state index contributed by atoms with van der Waals surface area (Å²) < 4.78 is 17.7. The van der Waals surface area contributed by atoms with Crippen molar-refractivity contribution in [3.05, 3.63) is 29.7 Å². The third kappa shape index (κ3) is 2.04. The van der Waals surface area contributed by atoms with E-state index < -0.39 is 0 Å². The standard InChI is InChI=1S/C8H6FNS.C2H6/c1-5-7-3-2-6(9)4-8(7)11-10-5;1-2/h2-4H,1H3;1-2H3. The minimum Gasteiger partial charge on any atom is -0.207 e. The number of hydrogen-bond acceptors (Lipinski definition) is 2. The molecule has 2 rings (SSSR count). The van der Waals surface area contributed by atoms with Gasteiger partial charge in [0.15, 0.2) is 0 Å². The molecule has 3 heteroatoms. The summed E-state index contributed by atoms with van der Waals surface area (Å²) in [5.74, 6) is -0.193. The van der Waals surface area contributed by atoms with Crippen molar-refractivity contribution in [1.29, 1.82) is 0 Å².